The number of aryl methyl sites for hydroxylation is 1. The summed E-state index contributed by atoms with van der Waals surface area (Å²) in [7, 11) is 0. The van der Waals surface area contributed by atoms with Gasteiger partial charge in [-0.05, 0) is 19.1 Å². The molecular weight excluding hydrogens is 271 g/mol. The normalized spacial score (nSPS) is 12.0. The Kier molecular flexibility index (Phi) is 6.47. The molecule has 0 amide bonds. The highest BCUT2D eigenvalue weighted by atomic mass is 35.5. The van der Waals surface area contributed by atoms with E-state index in [4.69, 9.17) is 27.9 Å². The number of hydrogen-bond acceptors (Lipinski definition) is 3. The van der Waals surface area contributed by atoms with Crippen molar-refractivity contribution in [2.75, 3.05) is 6.61 Å². The van der Waals surface area contributed by atoms with Crippen molar-refractivity contribution in [2.45, 2.75) is 33.4 Å². The average Bonchev–Trinajstić information content (AvgIpc) is 2.34. The SMILES string of the molecule is Cc1ccc(OCC(Cl)=CCl)c(CNC(C)C)n1. The van der Waals surface area contributed by atoms with E-state index in [1.165, 1.54) is 5.54 Å². The van der Waals surface area contributed by atoms with Gasteiger partial charge in [-0.3, -0.25) is 4.98 Å². The van der Waals surface area contributed by atoms with Crippen molar-refractivity contribution < 1.29 is 4.74 Å². The molecule has 100 valence electrons. The topological polar surface area (TPSA) is 34.1 Å². The fraction of sp³-hybridized carbons (Fsp3) is 0.462. The van der Waals surface area contributed by atoms with Gasteiger partial charge in [0, 0.05) is 23.8 Å². The summed E-state index contributed by atoms with van der Waals surface area (Å²) < 4.78 is 5.59. The fourth-order valence-corrected chi connectivity index (χ4v) is 1.45. The second-order valence-electron chi connectivity index (χ2n) is 4.28. The number of halogens is 2. The molecule has 3 nitrogen and oxygen atoms in total. The maximum Gasteiger partial charge on any atom is 0.142 e. The van der Waals surface area contributed by atoms with Gasteiger partial charge in [0.15, 0.2) is 0 Å². The first-order chi connectivity index (χ1) is 8.52. The summed E-state index contributed by atoms with van der Waals surface area (Å²) in [4.78, 5) is 4.47. The molecular formula is C13H18Cl2N2O. The zero-order valence-electron chi connectivity index (χ0n) is 10.8. The summed E-state index contributed by atoms with van der Waals surface area (Å²) in [5, 5.41) is 3.77. The van der Waals surface area contributed by atoms with E-state index in [1.807, 2.05) is 19.1 Å². The zero-order valence-corrected chi connectivity index (χ0v) is 12.3. The quantitative estimate of drug-likeness (QED) is 0.869. The van der Waals surface area contributed by atoms with E-state index in [2.05, 4.69) is 24.1 Å². The number of nitrogens with one attached hydrogen (secondary N) is 1. The van der Waals surface area contributed by atoms with Crippen LogP contribution in [0.4, 0.5) is 0 Å². The van der Waals surface area contributed by atoms with E-state index in [0.29, 0.717) is 17.6 Å². The Morgan fingerprint density at radius 3 is 2.83 bits per heavy atom. The molecule has 0 fully saturated rings. The number of aromatic nitrogens is 1. The van der Waals surface area contributed by atoms with Crippen LogP contribution in [0.5, 0.6) is 5.75 Å². The summed E-state index contributed by atoms with van der Waals surface area (Å²) >= 11 is 11.3. The van der Waals surface area contributed by atoms with E-state index in [0.717, 1.165) is 17.1 Å². The van der Waals surface area contributed by atoms with Crippen LogP contribution >= 0.6 is 23.2 Å². The van der Waals surface area contributed by atoms with Crippen molar-refractivity contribution in [3.8, 4) is 5.75 Å². The third-order valence-corrected chi connectivity index (χ3v) is 2.83. The summed E-state index contributed by atoms with van der Waals surface area (Å²) in [6, 6.07) is 4.21. The molecule has 0 unspecified atom stereocenters. The molecule has 1 heterocycles. The molecule has 0 bridgehead atoms. The Hall–Kier alpha value is -0.770. The number of pyridine rings is 1. The van der Waals surface area contributed by atoms with Crippen molar-refractivity contribution in [1.82, 2.24) is 10.3 Å². The van der Waals surface area contributed by atoms with Crippen LogP contribution in [0, 0.1) is 6.92 Å². The van der Waals surface area contributed by atoms with Crippen LogP contribution in [0.3, 0.4) is 0 Å². The van der Waals surface area contributed by atoms with E-state index in [9.17, 15) is 0 Å². The second-order valence-corrected chi connectivity index (χ2v) is 4.98. The molecule has 0 aliphatic rings. The lowest BCUT2D eigenvalue weighted by molar-refractivity contribution is 0.350. The fourth-order valence-electron chi connectivity index (χ4n) is 1.33. The Morgan fingerprint density at radius 2 is 2.22 bits per heavy atom. The van der Waals surface area contributed by atoms with Crippen LogP contribution in [-0.4, -0.2) is 17.6 Å². The second kappa shape index (κ2) is 7.62. The van der Waals surface area contributed by atoms with E-state index in [-0.39, 0.29) is 6.61 Å². The van der Waals surface area contributed by atoms with Crippen molar-refractivity contribution >= 4 is 23.2 Å². The molecule has 1 aromatic rings. The highest BCUT2D eigenvalue weighted by Gasteiger charge is 2.07. The smallest absolute Gasteiger partial charge is 0.142 e. The van der Waals surface area contributed by atoms with Gasteiger partial charge in [-0.2, -0.15) is 0 Å². The van der Waals surface area contributed by atoms with Crippen molar-refractivity contribution in [3.05, 3.63) is 34.1 Å². The molecule has 1 rings (SSSR count). The molecule has 1 aromatic heterocycles. The third kappa shape index (κ3) is 5.25. The van der Waals surface area contributed by atoms with Gasteiger partial charge < -0.3 is 10.1 Å². The molecule has 0 aromatic carbocycles. The minimum atomic E-state index is 0.254. The van der Waals surface area contributed by atoms with E-state index in [1.54, 1.807) is 0 Å². The van der Waals surface area contributed by atoms with Gasteiger partial charge in [-0.15, -0.1) is 0 Å². The van der Waals surface area contributed by atoms with E-state index < -0.39 is 0 Å². The van der Waals surface area contributed by atoms with Crippen LogP contribution in [-0.2, 0) is 6.54 Å². The standard InChI is InChI=1S/C13H18Cl2N2O/c1-9(2)16-7-12-13(5-4-10(3)17-12)18-8-11(15)6-14/h4-6,9,16H,7-8H2,1-3H3. The summed E-state index contributed by atoms with van der Waals surface area (Å²) in [5.74, 6) is 0.727. The van der Waals surface area contributed by atoms with Gasteiger partial charge in [-0.1, -0.05) is 37.0 Å². The molecule has 0 atom stereocenters. The lowest BCUT2D eigenvalue weighted by Crippen LogP contribution is -2.23. The van der Waals surface area contributed by atoms with Gasteiger partial charge in [0.1, 0.15) is 12.4 Å². The zero-order chi connectivity index (χ0) is 13.5. The van der Waals surface area contributed by atoms with Crippen molar-refractivity contribution in [2.24, 2.45) is 0 Å². The molecule has 18 heavy (non-hydrogen) atoms. The largest absolute Gasteiger partial charge is 0.486 e. The van der Waals surface area contributed by atoms with Gasteiger partial charge in [0.05, 0.1) is 10.7 Å². The third-order valence-electron chi connectivity index (χ3n) is 2.23. The summed E-state index contributed by atoms with van der Waals surface area (Å²) in [5.41, 5.74) is 3.14. The highest BCUT2D eigenvalue weighted by molar-refractivity contribution is 6.36. The predicted octanol–water partition coefficient (Wildman–Crippen LogP) is 3.59. The first-order valence-corrected chi connectivity index (χ1v) is 6.62. The Bertz CT molecular complexity index is 419. The van der Waals surface area contributed by atoms with Crippen molar-refractivity contribution in [1.29, 1.82) is 0 Å². The van der Waals surface area contributed by atoms with Crippen molar-refractivity contribution in [3.63, 3.8) is 0 Å². The predicted molar refractivity (Wildman–Crippen MR) is 76.2 cm³/mol. The monoisotopic (exact) mass is 288 g/mol. The van der Waals surface area contributed by atoms with Crippen LogP contribution in [0.15, 0.2) is 22.7 Å². The van der Waals surface area contributed by atoms with Crippen LogP contribution < -0.4 is 10.1 Å². The van der Waals surface area contributed by atoms with Crippen LogP contribution in [0.1, 0.15) is 25.2 Å². The van der Waals surface area contributed by atoms with Gasteiger partial charge >= 0.3 is 0 Å². The lowest BCUT2D eigenvalue weighted by Gasteiger charge is -2.13. The first kappa shape index (κ1) is 15.3. The molecule has 5 heteroatoms. The summed E-state index contributed by atoms with van der Waals surface area (Å²) in [6.07, 6.45) is 0. The van der Waals surface area contributed by atoms with Crippen LogP contribution in [0.2, 0.25) is 0 Å². The Labute approximate surface area is 118 Å². The number of rotatable bonds is 6. The minimum Gasteiger partial charge on any atom is -0.486 e. The van der Waals surface area contributed by atoms with Crippen LogP contribution in [0.25, 0.3) is 0 Å². The number of hydrogen-bond donors (Lipinski definition) is 1. The first-order valence-electron chi connectivity index (χ1n) is 5.80. The lowest BCUT2D eigenvalue weighted by atomic mass is 10.2. The molecule has 0 radical (unpaired) electrons. The average molecular weight is 289 g/mol. The molecule has 1 N–H and O–H groups in total. The maximum absolute atomic E-state index is 5.79. The Balaban J connectivity index is 2.76. The minimum absolute atomic E-state index is 0.254. The molecule has 0 saturated carbocycles. The molecule has 0 aliphatic carbocycles. The highest BCUT2D eigenvalue weighted by Crippen LogP contribution is 2.18. The maximum atomic E-state index is 5.79. The van der Waals surface area contributed by atoms with E-state index >= 15 is 0 Å². The number of nitrogens with zero attached hydrogens (tertiary/aromatic N) is 1. The van der Waals surface area contributed by atoms with Gasteiger partial charge in [-0.25, -0.2) is 0 Å². The molecule has 0 saturated heterocycles. The molecule has 0 aliphatic heterocycles. The van der Waals surface area contributed by atoms with Gasteiger partial charge in [0.2, 0.25) is 0 Å². The number of ether oxygens (including phenoxy) is 1. The molecule has 0 spiro atoms. The van der Waals surface area contributed by atoms with Gasteiger partial charge in [0.25, 0.3) is 0 Å². The Morgan fingerprint density at radius 1 is 1.50 bits per heavy atom. The summed E-state index contributed by atoms with van der Waals surface area (Å²) in [6.45, 7) is 7.04.